The number of nitrogens with zero attached hydrogens (tertiary/aromatic N) is 3. The second-order valence-electron chi connectivity index (χ2n) is 4.54. The Morgan fingerprint density at radius 1 is 1.33 bits per heavy atom. The van der Waals surface area contributed by atoms with Crippen molar-refractivity contribution in [1.29, 1.82) is 10.5 Å². The maximum Gasteiger partial charge on any atom is 0.248 e. The van der Waals surface area contributed by atoms with Gasteiger partial charge in [-0.25, -0.2) is 0 Å². The molecule has 1 saturated heterocycles. The van der Waals surface area contributed by atoms with E-state index in [0.717, 1.165) is 13.1 Å². The largest absolute Gasteiger partial charge is 0.363 e. The van der Waals surface area contributed by atoms with Crippen molar-refractivity contribution in [3.8, 4) is 12.1 Å². The van der Waals surface area contributed by atoms with Crippen LogP contribution in [0, 0.1) is 22.7 Å². The van der Waals surface area contributed by atoms with Gasteiger partial charge in [0.25, 0.3) is 0 Å². The molecule has 0 aromatic carbocycles. The maximum atomic E-state index is 11.9. The van der Waals surface area contributed by atoms with Gasteiger partial charge in [0.2, 0.25) is 5.91 Å². The molecule has 1 aliphatic heterocycles. The van der Waals surface area contributed by atoms with Crippen LogP contribution in [0.5, 0.6) is 0 Å². The number of carbonyl (C=O) groups excluding carboxylic acids is 1. The lowest BCUT2D eigenvalue weighted by atomic mass is 10.0. The van der Waals surface area contributed by atoms with Crippen LogP contribution in [-0.4, -0.2) is 49.2 Å². The van der Waals surface area contributed by atoms with Gasteiger partial charge >= 0.3 is 0 Å². The molecular weight excluding hydrogens is 232 g/mol. The molecule has 0 unspecified atom stereocenters. The summed E-state index contributed by atoms with van der Waals surface area (Å²) in [6.07, 6.45) is 0.548. The Bertz CT molecular complexity index is 347. The Morgan fingerprint density at radius 2 is 1.89 bits per heavy atom. The predicted molar refractivity (Wildman–Crippen MR) is 64.3 cm³/mol. The molecule has 1 amide bonds. The fourth-order valence-electron chi connectivity index (χ4n) is 1.64. The minimum Gasteiger partial charge on any atom is -0.363 e. The first-order valence-electron chi connectivity index (χ1n) is 5.98. The third kappa shape index (κ3) is 4.33. The van der Waals surface area contributed by atoms with Crippen molar-refractivity contribution < 1.29 is 9.53 Å². The second-order valence-corrected chi connectivity index (χ2v) is 4.54. The molecule has 0 aliphatic carbocycles. The van der Waals surface area contributed by atoms with Crippen molar-refractivity contribution >= 4 is 5.91 Å². The second kappa shape index (κ2) is 6.95. The van der Waals surface area contributed by atoms with Gasteiger partial charge in [-0.15, -0.1) is 0 Å². The lowest BCUT2D eigenvalue weighted by molar-refractivity contribution is -0.145. The van der Waals surface area contributed by atoms with Gasteiger partial charge in [-0.1, -0.05) is 0 Å². The van der Waals surface area contributed by atoms with E-state index in [1.165, 1.54) is 4.90 Å². The quantitative estimate of drug-likeness (QED) is 0.688. The zero-order chi connectivity index (χ0) is 13.4. The van der Waals surface area contributed by atoms with E-state index in [0.29, 0.717) is 13.1 Å². The molecule has 0 saturated carbocycles. The Hall–Kier alpha value is -1.63. The molecule has 1 rings (SSSR count). The first-order chi connectivity index (χ1) is 8.61. The van der Waals surface area contributed by atoms with Gasteiger partial charge in [0.05, 0.1) is 30.6 Å². The highest BCUT2D eigenvalue weighted by Crippen LogP contribution is 2.15. The van der Waals surface area contributed by atoms with Crippen LogP contribution in [0.15, 0.2) is 0 Å². The summed E-state index contributed by atoms with van der Waals surface area (Å²) < 4.78 is 5.55. The van der Waals surface area contributed by atoms with Crippen LogP contribution in [0.25, 0.3) is 0 Å². The van der Waals surface area contributed by atoms with E-state index in [1.54, 1.807) is 0 Å². The minimum absolute atomic E-state index is 0.00897. The summed E-state index contributed by atoms with van der Waals surface area (Å²) in [4.78, 5) is 13.4. The Labute approximate surface area is 107 Å². The smallest absolute Gasteiger partial charge is 0.248 e. The van der Waals surface area contributed by atoms with Crippen molar-refractivity contribution in [2.45, 2.75) is 25.4 Å². The van der Waals surface area contributed by atoms with Gasteiger partial charge in [-0.2, -0.15) is 10.5 Å². The van der Waals surface area contributed by atoms with Crippen LogP contribution in [0.1, 0.15) is 19.8 Å². The standard InChI is InChI=1S/C12H18N4O2/c1-12(9-15-10-12)18-8-11(17)16(6-2-4-13)7-3-5-14/h15H,2-3,6-10H2,1H3. The zero-order valence-electron chi connectivity index (χ0n) is 10.6. The van der Waals surface area contributed by atoms with Crippen LogP contribution < -0.4 is 5.32 Å². The van der Waals surface area contributed by atoms with Crippen molar-refractivity contribution in [1.82, 2.24) is 10.2 Å². The van der Waals surface area contributed by atoms with Gasteiger partial charge in [0.1, 0.15) is 6.61 Å². The summed E-state index contributed by atoms with van der Waals surface area (Å²) in [5.74, 6) is -0.159. The van der Waals surface area contributed by atoms with Gasteiger partial charge in [0.15, 0.2) is 0 Å². The number of hydrogen-bond donors (Lipinski definition) is 1. The minimum atomic E-state index is -0.258. The van der Waals surface area contributed by atoms with E-state index in [1.807, 2.05) is 19.1 Å². The summed E-state index contributed by atoms with van der Waals surface area (Å²) in [6, 6.07) is 3.99. The summed E-state index contributed by atoms with van der Waals surface area (Å²) in [6.45, 7) is 4.17. The Balaban J connectivity index is 2.37. The number of hydrogen-bond acceptors (Lipinski definition) is 5. The highest BCUT2D eigenvalue weighted by molar-refractivity contribution is 5.77. The van der Waals surface area contributed by atoms with Crippen molar-refractivity contribution in [2.75, 3.05) is 32.8 Å². The van der Waals surface area contributed by atoms with E-state index in [2.05, 4.69) is 5.32 Å². The highest BCUT2D eigenvalue weighted by atomic mass is 16.5. The molecule has 0 radical (unpaired) electrons. The third-order valence-electron chi connectivity index (χ3n) is 2.88. The fourth-order valence-corrected chi connectivity index (χ4v) is 1.64. The van der Waals surface area contributed by atoms with Crippen LogP contribution in [-0.2, 0) is 9.53 Å². The highest BCUT2D eigenvalue weighted by Gasteiger charge is 2.33. The van der Waals surface area contributed by atoms with Gasteiger partial charge in [-0.3, -0.25) is 4.79 Å². The molecular formula is C12H18N4O2. The van der Waals surface area contributed by atoms with E-state index in [-0.39, 0.29) is 31.0 Å². The molecule has 0 spiro atoms. The van der Waals surface area contributed by atoms with Gasteiger partial charge < -0.3 is 15.0 Å². The number of nitriles is 2. The molecule has 1 aliphatic rings. The molecule has 6 heteroatoms. The zero-order valence-corrected chi connectivity index (χ0v) is 10.6. The summed E-state index contributed by atoms with van der Waals surface area (Å²) >= 11 is 0. The maximum absolute atomic E-state index is 11.9. The molecule has 18 heavy (non-hydrogen) atoms. The first-order valence-corrected chi connectivity index (χ1v) is 5.98. The monoisotopic (exact) mass is 250 g/mol. The average molecular weight is 250 g/mol. The molecule has 0 aromatic rings. The van der Waals surface area contributed by atoms with Crippen molar-refractivity contribution in [3.05, 3.63) is 0 Å². The molecule has 0 aromatic heterocycles. The number of amides is 1. The summed E-state index contributed by atoms with van der Waals surface area (Å²) in [5, 5.41) is 20.2. The number of rotatable bonds is 7. The molecule has 0 atom stereocenters. The predicted octanol–water partition coefficient (Wildman–Crippen LogP) is 0.0209. The van der Waals surface area contributed by atoms with E-state index in [4.69, 9.17) is 15.3 Å². The van der Waals surface area contributed by atoms with Crippen LogP contribution >= 0.6 is 0 Å². The molecule has 98 valence electrons. The first kappa shape index (κ1) is 14.4. The number of carbonyl (C=O) groups is 1. The van der Waals surface area contributed by atoms with E-state index >= 15 is 0 Å². The Kier molecular flexibility index (Phi) is 5.57. The molecule has 1 N–H and O–H groups in total. The van der Waals surface area contributed by atoms with E-state index < -0.39 is 0 Å². The lowest BCUT2D eigenvalue weighted by Gasteiger charge is -2.39. The topological polar surface area (TPSA) is 89.2 Å². The van der Waals surface area contributed by atoms with Crippen LogP contribution in [0.2, 0.25) is 0 Å². The Morgan fingerprint density at radius 3 is 2.28 bits per heavy atom. The van der Waals surface area contributed by atoms with Crippen molar-refractivity contribution in [3.63, 3.8) is 0 Å². The van der Waals surface area contributed by atoms with Crippen LogP contribution in [0.3, 0.4) is 0 Å². The third-order valence-corrected chi connectivity index (χ3v) is 2.88. The number of nitrogens with one attached hydrogen (secondary N) is 1. The number of ether oxygens (including phenoxy) is 1. The molecule has 6 nitrogen and oxygen atoms in total. The summed E-state index contributed by atoms with van der Waals surface area (Å²) in [7, 11) is 0. The lowest BCUT2D eigenvalue weighted by Crippen LogP contribution is -2.59. The van der Waals surface area contributed by atoms with Crippen LogP contribution in [0.4, 0.5) is 0 Å². The van der Waals surface area contributed by atoms with E-state index in [9.17, 15) is 4.79 Å². The molecule has 1 heterocycles. The SMILES string of the molecule is CC1(OCC(=O)N(CCC#N)CCC#N)CNC1. The molecule has 0 bridgehead atoms. The van der Waals surface area contributed by atoms with Crippen molar-refractivity contribution in [2.24, 2.45) is 0 Å². The van der Waals surface area contributed by atoms with Gasteiger partial charge in [0, 0.05) is 26.2 Å². The summed E-state index contributed by atoms with van der Waals surface area (Å²) in [5.41, 5.74) is -0.258. The average Bonchev–Trinajstić information content (AvgIpc) is 2.34. The fraction of sp³-hybridized carbons (Fsp3) is 0.750. The van der Waals surface area contributed by atoms with Gasteiger partial charge in [-0.05, 0) is 6.92 Å². The normalized spacial score (nSPS) is 16.2. The molecule has 1 fully saturated rings.